The van der Waals surface area contributed by atoms with Crippen LogP contribution in [-0.2, 0) is 20.9 Å². The molecule has 1 atom stereocenters. The minimum atomic E-state index is -1.09. The van der Waals surface area contributed by atoms with E-state index in [0.29, 0.717) is 16.8 Å². The van der Waals surface area contributed by atoms with Crippen LogP contribution < -0.4 is 5.56 Å². The average Bonchev–Trinajstić information content (AvgIpc) is 3.03. The van der Waals surface area contributed by atoms with Gasteiger partial charge in [0.15, 0.2) is 6.04 Å². The molecule has 23 heavy (non-hydrogen) atoms. The Bertz CT molecular complexity index is 799. The number of aromatic nitrogens is 2. The minimum absolute atomic E-state index is 0.0105. The Morgan fingerprint density at radius 1 is 1.48 bits per heavy atom. The van der Waals surface area contributed by atoms with Crippen molar-refractivity contribution < 1.29 is 19.4 Å². The van der Waals surface area contributed by atoms with Gasteiger partial charge in [-0.3, -0.25) is 14.2 Å². The van der Waals surface area contributed by atoms with E-state index in [1.165, 1.54) is 27.1 Å². The predicted octanol–water partition coefficient (Wildman–Crippen LogP) is 0.160. The Hall–Kier alpha value is -2.26. The fourth-order valence-electron chi connectivity index (χ4n) is 2.52. The summed E-state index contributed by atoms with van der Waals surface area (Å²) in [5.74, 6) is -1.39. The Balaban J connectivity index is 1.71. The second-order valence-electron chi connectivity index (χ2n) is 5.15. The highest BCUT2D eigenvalue weighted by Gasteiger charge is 2.32. The van der Waals surface area contributed by atoms with E-state index < -0.39 is 12.0 Å². The number of hydrogen-bond acceptors (Lipinski definition) is 6. The average molecular weight is 337 g/mol. The number of carboxylic acid groups (broad SMARTS) is 1. The van der Waals surface area contributed by atoms with Gasteiger partial charge in [0.1, 0.15) is 4.83 Å². The van der Waals surface area contributed by atoms with Crippen LogP contribution in [0.25, 0.3) is 10.2 Å². The van der Waals surface area contributed by atoms with Crippen LogP contribution in [0, 0.1) is 0 Å². The molecule has 3 heterocycles. The SMILES string of the molecule is O=C(O)[C@H]1COCCN1C(=O)CCn1cnc2sccc2c1=O. The van der Waals surface area contributed by atoms with Crippen molar-refractivity contribution in [3.8, 4) is 0 Å². The highest BCUT2D eigenvalue weighted by Crippen LogP contribution is 2.14. The van der Waals surface area contributed by atoms with Crippen LogP contribution in [0.3, 0.4) is 0 Å². The minimum Gasteiger partial charge on any atom is -0.480 e. The summed E-state index contributed by atoms with van der Waals surface area (Å²) in [4.78, 5) is 41.8. The first-order chi connectivity index (χ1) is 11.1. The van der Waals surface area contributed by atoms with Crippen LogP contribution in [0.1, 0.15) is 6.42 Å². The van der Waals surface area contributed by atoms with E-state index in [1.54, 1.807) is 11.4 Å². The van der Waals surface area contributed by atoms with Crippen molar-refractivity contribution in [1.29, 1.82) is 0 Å². The number of carbonyl (C=O) groups is 2. The number of amides is 1. The molecule has 0 spiro atoms. The Morgan fingerprint density at radius 3 is 3.09 bits per heavy atom. The molecule has 8 nitrogen and oxygen atoms in total. The molecule has 2 aromatic heterocycles. The summed E-state index contributed by atoms with van der Waals surface area (Å²) in [7, 11) is 0. The molecule has 0 radical (unpaired) electrons. The molecule has 0 aromatic carbocycles. The molecule has 1 N–H and O–H groups in total. The summed E-state index contributed by atoms with van der Waals surface area (Å²) in [5, 5.41) is 11.5. The maximum absolute atomic E-state index is 12.3. The van der Waals surface area contributed by atoms with Crippen molar-refractivity contribution in [2.75, 3.05) is 19.8 Å². The van der Waals surface area contributed by atoms with Crippen molar-refractivity contribution in [2.24, 2.45) is 0 Å². The Kier molecular flexibility index (Phi) is 4.39. The van der Waals surface area contributed by atoms with Crippen LogP contribution in [0.15, 0.2) is 22.6 Å². The van der Waals surface area contributed by atoms with Gasteiger partial charge in [0.2, 0.25) is 5.91 Å². The summed E-state index contributed by atoms with van der Waals surface area (Å²) in [6.45, 7) is 0.716. The second-order valence-corrected chi connectivity index (χ2v) is 6.04. The number of morpholine rings is 1. The lowest BCUT2D eigenvalue weighted by Crippen LogP contribution is -2.52. The smallest absolute Gasteiger partial charge is 0.328 e. The van der Waals surface area contributed by atoms with Crippen LogP contribution in [0.5, 0.6) is 0 Å². The third-order valence-electron chi connectivity index (χ3n) is 3.75. The van der Waals surface area contributed by atoms with Gasteiger partial charge < -0.3 is 14.7 Å². The molecule has 1 aliphatic heterocycles. The van der Waals surface area contributed by atoms with E-state index in [-0.39, 0.29) is 37.6 Å². The van der Waals surface area contributed by atoms with E-state index in [1.807, 2.05) is 0 Å². The van der Waals surface area contributed by atoms with Gasteiger partial charge in [-0.2, -0.15) is 0 Å². The molecule has 0 bridgehead atoms. The van der Waals surface area contributed by atoms with Crippen molar-refractivity contribution in [3.63, 3.8) is 0 Å². The molecule has 1 fully saturated rings. The summed E-state index contributed by atoms with van der Waals surface area (Å²) in [5.41, 5.74) is -0.194. The lowest BCUT2D eigenvalue weighted by Gasteiger charge is -2.32. The lowest BCUT2D eigenvalue weighted by molar-refractivity contribution is -0.158. The molecular weight excluding hydrogens is 322 g/mol. The molecule has 1 saturated heterocycles. The number of thiophene rings is 1. The quantitative estimate of drug-likeness (QED) is 0.853. The number of aliphatic carboxylic acids is 1. The monoisotopic (exact) mass is 337 g/mol. The van der Waals surface area contributed by atoms with E-state index in [2.05, 4.69) is 4.98 Å². The Labute approximate surface area is 134 Å². The molecule has 122 valence electrons. The van der Waals surface area contributed by atoms with Gasteiger partial charge in [0, 0.05) is 19.5 Å². The third kappa shape index (κ3) is 3.10. The standard InChI is InChI=1S/C14H15N3O5S/c18-11(17-4-5-22-7-10(17)14(20)21)1-3-16-8-15-12-9(13(16)19)2-6-23-12/h2,6,8,10H,1,3-5,7H2,(H,20,21)/t10-/m1/s1. The second kappa shape index (κ2) is 6.47. The normalized spacial score (nSPS) is 18.3. The molecular formula is C14H15N3O5S. The number of hydrogen-bond donors (Lipinski definition) is 1. The van der Waals surface area contributed by atoms with Gasteiger partial charge in [0.25, 0.3) is 5.56 Å². The van der Waals surface area contributed by atoms with Crippen molar-refractivity contribution in [2.45, 2.75) is 19.0 Å². The van der Waals surface area contributed by atoms with E-state index in [4.69, 9.17) is 9.84 Å². The van der Waals surface area contributed by atoms with Gasteiger partial charge in [0.05, 0.1) is 24.9 Å². The maximum Gasteiger partial charge on any atom is 0.328 e. The number of nitrogens with zero attached hydrogens (tertiary/aromatic N) is 3. The van der Waals surface area contributed by atoms with Gasteiger partial charge in [-0.15, -0.1) is 11.3 Å². The first kappa shape index (κ1) is 15.6. The van der Waals surface area contributed by atoms with E-state index in [0.717, 1.165) is 0 Å². The molecule has 0 saturated carbocycles. The molecule has 0 aliphatic carbocycles. The largest absolute Gasteiger partial charge is 0.480 e. The topological polar surface area (TPSA) is 102 Å². The van der Waals surface area contributed by atoms with E-state index >= 15 is 0 Å². The summed E-state index contributed by atoms with van der Waals surface area (Å²) in [6, 6.07) is 0.737. The van der Waals surface area contributed by atoms with Crippen molar-refractivity contribution in [1.82, 2.24) is 14.5 Å². The van der Waals surface area contributed by atoms with Crippen LogP contribution >= 0.6 is 11.3 Å². The highest BCUT2D eigenvalue weighted by atomic mass is 32.1. The van der Waals surface area contributed by atoms with Crippen molar-refractivity contribution >= 4 is 33.4 Å². The maximum atomic E-state index is 12.3. The van der Waals surface area contributed by atoms with Gasteiger partial charge >= 0.3 is 5.97 Å². The third-order valence-corrected chi connectivity index (χ3v) is 4.57. The zero-order valence-electron chi connectivity index (χ0n) is 12.2. The number of rotatable bonds is 4. The van der Waals surface area contributed by atoms with Gasteiger partial charge in [-0.05, 0) is 11.4 Å². The number of carboxylic acids is 1. The molecule has 1 amide bonds. The summed E-state index contributed by atoms with van der Waals surface area (Å²) >= 11 is 1.38. The molecule has 2 aromatic rings. The fourth-order valence-corrected chi connectivity index (χ4v) is 3.24. The van der Waals surface area contributed by atoms with E-state index in [9.17, 15) is 14.4 Å². The fraction of sp³-hybridized carbons (Fsp3) is 0.429. The first-order valence-electron chi connectivity index (χ1n) is 7.10. The van der Waals surface area contributed by atoms with Crippen LogP contribution in [-0.4, -0.2) is 57.2 Å². The van der Waals surface area contributed by atoms with Crippen LogP contribution in [0.2, 0.25) is 0 Å². The molecule has 3 rings (SSSR count). The predicted molar refractivity (Wildman–Crippen MR) is 82.5 cm³/mol. The zero-order valence-corrected chi connectivity index (χ0v) is 13.0. The molecule has 0 unspecified atom stereocenters. The highest BCUT2D eigenvalue weighted by molar-refractivity contribution is 7.16. The molecule has 9 heteroatoms. The number of fused-ring (bicyclic) bond motifs is 1. The van der Waals surface area contributed by atoms with Crippen LogP contribution in [0.4, 0.5) is 0 Å². The zero-order chi connectivity index (χ0) is 16.4. The first-order valence-corrected chi connectivity index (χ1v) is 7.98. The lowest BCUT2D eigenvalue weighted by atomic mass is 10.2. The number of ether oxygens (including phenoxy) is 1. The summed E-state index contributed by atoms with van der Waals surface area (Å²) < 4.78 is 6.48. The van der Waals surface area contributed by atoms with Gasteiger partial charge in [-0.1, -0.05) is 0 Å². The number of carbonyl (C=O) groups excluding carboxylic acids is 1. The van der Waals surface area contributed by atoms with Gasteiger partial charge in [-0.25, -0.2) is 9.78 Å². The van der Waals surface area contributed by atoms with Crippen molar-refractivity contribution in [3.05, 3.63) is 28.1 Å². The molecule has 1 aliphatic rings. The Morgan fingerprint density at radius 2 is 2.30 bits per heavy atom. The summed E-state index contributed by atoms with van der Waals surface area (Å²) in [6.07, 6.45) is 1.46. The number of aryl methyl sites for hydroxylation is 1.